The van der Waals surface area contributed by atoms with Gasteiger partial charge >= 0.3 is 64.3 Å². The van der Waals surface area contributed by atoms with Crippen LogP contribution in [0.5, 0.6) is 0 Å². The molecule has 0 aliphatic heterocycles. The fourth-order valence-corrected chi connectivity index (χ4v) is 0.948. The Labute approximate surface area is 124 Å². The predicted molar refractivity (Wildman–Crippen MR) is 39.9 cm³/mol. The molecule has 0 saturated carbocycles. The van der Waals surface area contributed by atoms with Crippen LogP contribution in [0.2, 0.25) is 0 Å². The van der Waals surface area contributed by atoms with E-state index in [1.165, 1.54) is 0 Å². The Kier molecular flexibility index (Phi) is 5.41. The molecule has 0 radical (unpaired) electrons. The van der Waals surface area contributed by atoms with Crippen molar-refractivity contribution in [2.75, 3.05) is 0 Å². The van der Waals surface area contributed by atoms with Crippen molar-refractivity contribution in [3.05, 3.63) is 23.8 Å². The first-order valence-corrected chi connectivity index (χ1v) is 3.40. The molecular formula is C6H3BF4KNO2. The van der Waals surface area contributed by atoms with E-state index in [1.807, 2.05) is 0 Å². The Balaban J connectivity index is 0.00000196. The fraction of sp³-hybridized carbons (Fsp3) is 0. The van der Waals surface area contributed by atoms with Gasteiger partial charge in [0.2, 0.25) is 0 Å². The smallest absolute Gasteiger partial charge is 0.478 e. The summed E-state index contributed by atoms with van der Waals surface area (Å²) < 4.78 is 49.3. The number of aromatic nitrogens is 1. The van der Waals surface area contributed by atoms with E-state index in [4.69, 9.17) is 5.11 Å². The minimum Gasteiger partial charge on any atom is -0.478 e. The van der Waals surface area contributed by atoms with Gasteiger partial charge in [-0.3, -0.25) is 4.98 Å². The van der Waals surface area contributed by atoms with Crippen molar-refractivity contribution in [2.24, 2.45) is 0 Å². The van der Waals surface area contributed by atoms with Crippen LogP contribution in [0.1, 0.15) is 10.4 Å². The molecule has 1 heterocycles. The van der Waals surface area contributed by atoms with Crippen molar-refractivity contribution in [1.29, 1.82) is 0 Å². The van der Waals surface area contributed by atoms with Crippen LogP contribution in [0.4, 0.5) is 17.3 Å². The van der Waals surface area contributed by atoms with E-state index in [-0.39, 0.29) is 51.4 Å². The minimum atomic E-state index is -5.69. The van der Waals surface area contributed by atoms with Gasteiger partial charge in [-0.15, -0.1) is 0 Å². The average molecular weight is 247 g/mol. The number of hydrogen-bond acceptors (Lipinski definition) is 2. The van der Waals surface area contributed by atoms with Crippen LogP contribution < -0.4 is 56.8 Å². The number of hydrogen-bond donors (Lipinski definition) is 1. The summed E-state index contributed by atoms with van der Waals surface area (Å²) in [5.41, 5.74) is -2.91. The SMILES string of the molecule is O=C(O)c1cncc(F)c1[B-](F)(F)F.[K+]. The molecule has 9 heteroatoms. The van der Waals surface area contributed by atoms with Crippen molar-refractivity contribution >= 4 is 18.4 Å². The van der Waals surface area contributed by atoms with Crippen LogP contribution in [0, 0.1) is 5.82 Å². The maximum atomic E-state index is 12.7. The van der Waals surface area contributed by atoms with Gasteiger partial charge in [0.05, 0.1) is 11.8 Å². The molecule has 0 aliphatic rings. The second kappa shape index (κ2) is 5.39. The normalized spacial score (nSPS) is 10.7. The van der Waals surface area contributed by atoms with E-state index in [9.17, 15) is 22.1 Å². The molecule has 0 spiro atoms. The third-order valence-corrected chi connectivity index (χ3v) is 1.50. The van der Waals surface area contributed by atoms with Crippen molar-refractivity contribution in [1.82, 2.24) is 4.98 Å². The Morgan fingerprint density at radius 3 is 2.20 bits per heavy atom. The number of carbonyl (C=O) groups is 1. The van der Waals surface area contributed by atoms with Gasteiger partial charge in [-0.1, -0.05) is 5.46 Å². The molecule has 0 amide bonds. The quantitative estimate of drug-likeness (QED) is 0.484. The Bertz CT molecular complexity index is 384. The van der Waals surface area contributed by atoms with E-state index in [2.05, 4.69) is 4.98 Å². The van der Waals surface area contributed by atoms with Crippen LogP contribution in [0.25, 0.3) is 0 Å². The molecule has 15 heavy (non-hydrogen) atoms. The molecule has 0 aromatic carbocycles. The van der Waals surface area contributed by atoms with Crippen molar-refractivity contribution in [3.63, 3.8) is 0 Å². The summed E-state index contributed by atoms with van der Waals surface area (Å²) in [5, 5.41) is 8.36. The van der Waals surface area contributed by atoms with E-state index in [0.717, 1.165) is 0 Å². The summed E-state index contributed by atoms with van der Waals surface area (Å²) in [4.78, 5) is 13.4. The van der Waals surface area contributed by atoms with Crippen LogP contribution in [-0.4, -0.2) is 23.0 Å². The van der Waals surface area contributed by atoms with Crippen LogP contribution >= 0.6 is 0 Å². The Hall–Kier alpha value is 0.0413. The molecule has 0 aliphatic carbocycles. The van der Waals surface area contributed by atoms with E-state index < -0.39 is 29.8 Å². The molecule has 1 rings (SSSR count). The zero-order chi connectivity index (χ0) is 10.9. The molecule has 0 unspecified atom stereocenters. The van der Waals surface area contributed by atoms with Crippen LogP contribution in [0.15, 0.2) is 12.4 Å². The first-order valence-electron chi connectivity index (χ1n) is 3.40. The molecule has 0 saturated heterocycles. The molecule has 76 valence electrons. The summed E-state index contributed by atoms with van der Waals surface area (Å²) in [6.45, 7) is -5.69. The molecule has 1 N–H and O–H groups in total. The topological polar surface area (TPSA) is 50.2 Å². The van der Waals surface area contributed by atoms with Gasteiger partial charge in [0.15, 0.2) is 0 Å². The first kappa shape index (κ1) is 15.0. The summed E-state index contributed by atoms with van der Waals surface area (Å²) in [6.07, 6.45) is 0.799. The van der Waals surface area contributed by atoms with Gasteiger partial charge in [-0.05, 0) is 0 Å². The van der Waals surface area contributed by atoms with Crippen molar-refractivity contribution in [2.45, 2.75) is 0 Å². The fourth-order valence-electron chi connectivity index (χ4n) is 0.948. The zero-order valence-corrected chi connectivity index (χ0v) is 10.7. The van der Waals surface area contributed by atoms with Gasteiger partial charge < -0.3 is 18.1 Å². The molecular weight excluding hydrogens is 244 g/mol. The zero-order valence-electron chi connectivity index (χ0n) is 7.55. The van der Waals surface area contributed by atoms with Crippen molar-refractivity contribution in [3.8, 4) is 0 Å². The molecule has 3 nitrogen and oxygen atoms in total. The third-order valence-electron chi connectivity index (χ3n) is 1.50. The summed E-state index contributed by atoms with van der Waals surface area (Å²) >= 11 is 0. The average Bonchev–Trinajstić information content (AvgIpc) is 2.01. The maximum Gasteiger partial charge on any atom is 1.00 e. The monoisotopic (exact) mass is 247 g/mol. The van der Waals surface area contributed by atoms with E-state index in [0.29, 0.717) is 12.4 Å². The largest absolute Gasteiger partial charge is 1.00 e. The van der Waals surface area contributed by atoms with Gasteiger partial charge in [-0.25, -0.2) is 9.18 Å². The van der Waals surface area contributed by atoms with E-state index in [1.54, 1.807) is 0 Å². The van der Waals surface area contributed by atoms with Crippen LogP contribution in [-0.2, 0) is 0 Å². The van der Waals surface area contributed by atoms with E-state index >= 15 is 0 Å². The minimum absolute atomic E-state index is 0. The molecule has 0 bridgehead atoms. The second-order valence-electron chi connectivity index (χ2n) is 2.46. The number of nitrogens with zero attached hydrogens (tertiary/aromatic N) is 1. The van der Waals surface area contributed by atoms with Gasteiger partial charge in [0.1, 0.15) is 5.82 Å². The predicted octanol–water partition coefficient (Wildman–Crippen LogP) is -2.02. The van der Waals surface area contributed by atoms with Gasteiger partial charge in [0, 0.05) is 6.20 Å². The molecule has 0 fully saturated rings. The first-order chi connectivity index (χ1) is 6.34. The number of halogens is 4. The van der Waals surface area contributed by atoms with Crippen molar-refractivity contribution < 1.29 is 78.6 Å². The number of carboxylic acids is 1. The standard InChI is InChI=1S/C6H3BF4NO2.K/c8-4-2-12-1-3(6(13)14)5(4)7(9,10)11;/h1-2H,(H,13,14);/q-1;+1. The Morgan fingerprint density at radius 1 is 1.33 bits per heavy atom. The third kappa shape index (κ3) is 3.52. The molecule has 1 aromatic heterocycles. The number of rotatable bonds is 2. The second-order valence-corrected chi connectivity index (χ2v) is 2.46. The van der Waals surface area contributed by atoms with Gasteiger partial charge in [-0.2, -0.15) is 0 Å². The number of pyridine rings is 1. The molecule has 0 atom stereocenters. The summed E-state index contributed by atoms with van der Waals surface area (Å²) in [5.74, 6) is -3.52. The van der Waals surface area contributed by atoms with Crippen LogP contribution in [0.3, 0.4) is 0 Å². The Morgan fingerprint density at radius 2 is 1.87 bits per heavy atom. The molecule has 1 aromatic rings. The number of aromatic carboxylic acids is 1. The summed E-state index contributed by atoms with van der Waals surface area (Å²) in [7, 11) is 0. The number of carboxylic acid groups (broad SMARTS) is 1. The maximum absolute atomic E-state index is 12.7. The summed E-state index contributed by atoms with van der Waals surface area (Å²) in [6, 6.07) is 0. The van der Waals surface area contributed by atoms with Gasteiger partial charge in [0.25, 0.3) is 0 Å².